The fourth-order valence-electron chi connectivity index (χ4n) is 2.76. The summed E-state index contributed by atoms with van der Waals surface area (Å²) in [4.78, 5) is 16.6. The molecule has 0 unspecified atom stereocenters. The lowest BCUT2D eigenvalue weighted by Gasteiger charge is -2.26. The normalized spacial score (nSPS) is 20.3. The number of nitrogens with zero attached hydrogens (tertiary/aromatic N) is 2. The SMILES string of the molecule is COCCC(=O)N1CC[C@@H](C)N(Cc2ccccc2)CC1. The van der Waals surface area contributed by atoms with Crippen LogP contribution in [-0.4, -0.2) is 55.1 Å². The molecule has 0 aliphatic carbocycles. The molecule has 0 aromatic heterocycles. The van der Waals surface area contributed by atoms with Gasteiger partial charge in [0.2, 0.25) is 5.91 Å². The lowest BCUT2D eigenvalue weighted by atomic mass is 10.1. The summed E-state index contributed by atoms with van der Waals surface area (Å²) >= 11 is 0. The molecule has 0 bridgehead atoms. The summed E-state index contributed by atoms with van der Waals surface area (Å²) in [5.41, 5.74) is 1.34. The van der Waals surface area contributed by atoms with Gasteiger partial charge in [0.15, 0.2) is 0 Å². The second-order valence-corrected chi connectivity index (χ2v) is 5.72. The number of benzene rings is 1. The highest BCUT2D eigenvalue weighted by molar-refractivity contribution is 5.76. The highest BCUT2D eigenvalue weighted by atomic mass is 16.5. The van der Waals surface area contributed by atoms with Crippen molar-refractivity contribution in [3.63, 3.8) is 0 Å². The Morgan fingerprint density at radius 3 is 2.71 bits per heavy atom. The van der Waals surface area contributed by atoms with Crippen molar-refractivity contribution < 1.29 is 9.53 Å². The fourth-order valence-corrected chi connectivity index (χ4v) is 2.76. The van der Waals surface area contributed by atoms with Crippen LogP contribution in [0.5, 0.6) is 0 Å². The molecule has 21 heavy (non-hydrogen) atoms. The van der Waals surface area contributed by atoms with E-state index >= 15 is 0 Å². The summed E-state index contributed by atoms with van der Waals surface area (Å²) in [6.45, 7) is 6.34. The van der Waals surface area contributed by atoms with E-state index < -0.39 is 0 Å². The van der Waals surface area contributed by atoms with Gasteiger partial charge in [-0.2, -0.15) is 0 Å². The molecule has 4 nitrogen and oxygen atoms in total. The molecule has 1 aliphatic rings. The van der Waals surface area contributed by atoms with Gasteiger partial charge >= 0.3 is 0 Å². The van der Waals surface area contributed by atoms with Gasteiger partial charge < -0.3 is 9.64 Å². The van der Waals surface area contributed by atoms with Gasteiger partial charge in [-0.05, 0) is 18.9 Å². The summed E-state index contributed by atoms with van der Waals surface area (Å²) in [5, 5.41) is 0. The van der Waals surface area contributed by atoms with Crippen LogP contribution in [0.3, 0.4) is 0 Å². The highest BCUT2D eigenvalue weighted by Gasteiger charge is 2.23. The van der Waals surface area contributed by atoms with Gasteiger partial charge in [-0.25, -0.2) is 0 Å². The molecular weight excluding hydrogens is 264 g/mol. The third-order valence-corrected chi connectivity index (χ3v) is 4.20. The van der Waals surface area contributed by atoms with Crippen LogP contribution in [0, 0.1) is 0 Å². The van der Waals surface area contributed by atoms with Crippen molar-refractivity contribution >= 4 is 5.91 Å². The molecule has 1 fully saturated rings. The molecule has 1 atom stereocenters. The molecule has 116 valence electrons. The molecule has 1 heterocycles. The average Bonchev–Trinajstić information content (AvgIpc) is 2.69. The minimum absolute atomic E-state index is 0.214. The fraction of sp³-hybridized carbons (Fsp3) is 0.588. The zero-order valence-corrected chi connectivity index (χ0v) is 13.1. The smallest absolute Gasteiger partial charge is 0.224 e. The number of methoxy groups -OCH3 is 1. The van der Waals surface area contributed by atoms with Crippen LogP contribution in [0.4, 0.5) is 0 Å². The van der Waals surface area contributed by atoms with Gasteiger partial charge in [0.05, 0.1) is 13.0 Å². The van der Waals surface area contributed by atoms with E-state index in [0.29, 0.717) is 19.1 Å². The number of ether oxygens (including phenoxy) is 1. The standard InChI is InChI=1S/C17H26N2O2/c1-15-8-10-18(17(20)9-13-21-2)11-12-19(15)14-16-6-4-3-5-7-16/h3-7,15H,8-14H2,1-2H3/t15-/m1/s1. The Kier molecular flexibility index (Phi) is 6.21. The molecule has 1 aliphatic heterocycles. The third-order valence-electron chi connectivity index (χ3n) is 4.20. The minimum Gasteiger partial charge on any atom is -0.384 e. The van der Waals surface area contributed by atoms with Crippen molar-refractivity contribution in [1.82, 2.24) is 9.80 Å². The first-order valence-corrected chi connectivity index (χ1v) is 7.75. The number of hydrogen-bond acceptors (Lipinski definition) is 3. The number of carbonyl (C=O) groups is 1. The van der Waals surface area contributed by atoms with Gasteiger partial charge in [-0.1, -0.05) is 30.3 Å². The van der Waals surface area contributed by atoms with E-state index in [0.717, 1.165) is 32.6 Å². The molecule has 1 aromatic carbocycles. The van der Waals surface area contributed by atoms with Crippen molar-refractivity contribution in [2.45, 2.75) is 32.4 Å². The molecule has 0 radical (unpaired) electrons. The van der Waals surface area contributed by atoms with E-state index in [1.165, 1.54) is 5.56 Å². The maximum atomic E-state index is 12.1. The van der Waals surface area contributed by atoms with Crippen LogP contribution < -0.4 is 0 Å². The Balaban J connectivity index is 1.90. The summed E-state index contributed by atoms with van der Waals surface area (Å²) in [6.07, 6.45) is 1.52. The lowest BCUT2D eigenvalue weighted by Crippen LogP contribution is -2.36. The van der Waals surface area contributed by atoms with E-state index in [1.54, 1.807) is 7.11 Å². The first-order valence-electron chi connectivity index (χ1n) is 7.75. The summed E-state index contributed by atoms with van der Waals surface area (Å²) in [7, 11) is 1.64. The maximum Gasteiger partial charge on any atom is 0.224 e. The Bertz CT molecular complexity index is 436. The van der Waals surface area contributed by atoms with Crippen molar-refractivity contribution in [2.75, 3.05) is 33.4 Å². The Hall–Kier alpha value is -1.39. The number of hydrogen-bond donors (Lipinski definition) is 0. The molecule has 1 saturated heterocycles. The second-order valence-electron chi connectivity index (χ2n) is 5.72. The molecule has 1 amide bonds. The second kappa shape index (κ2) is 8.15. The average molecular weight is 290 g/mol. The molecule has 2 rings (SSSR count). The topological polar surface area (TPSA) is 32.8 Å². The summed E-state index contributed by atoms with van der Waals surface area (Å²) < 4.78 is 5.00. The van der Waals surface area contributed by atoms with Crippen LogP contribution in [0.15, 0.2) is 30.3 Å². The van der Waals surface area contributed by atoms with Gasteiger partial charge in [-0.3, -0.25) is 9.69 Å². The predicted octanol–water partition coefficient (Wildman–Crippen LogP) is 2.15. The maximum absolute atomic E-state index is 12.1. The van der Waals surface area contributed by atoms with Crippen molar-refractivity contribution in [3.05, 3.63) is 35.9 Å². The van der Waals surface area contributed by atoms with E-state index in [1.807, 2.05) is 11.0 Å². The molecular formula is C17H26N2O2. The van der Waals surface area contributed by atoms with Gasteiger partial charge in [0, 0.05) is 39.3 Å². The largest absolute Gasteiger partial charge is 0.384 e. The number of carbonyl (C=O) groups excluding carboxylic acids is 1. The zero-order chi connectivity index (χ0) is 15.1. The van der Waals surface area contributed by atoms with Crippen LogP contribution in [-0.2, 0) is 16.1 Å². The number of amides is 1. The molecule has 4 heteroatoms. The Morgan fingerprint density at radius 2 is 2.00 bits per heavy atom. The molecule has 1 aromatic rings. The zero-order valence-electron chi connectivity index (χ0n) is 13.1. The Morgan fingerprint density at radius 1 is 1.24 bits per heavy atom. The highest BCUT2D eigenvalue weighted by Crippen LogP contribution is 2.15. The van der Waals surface area contributed by atoms with Gasteiger partial charge in [-0.15, -0.1) is 0 Å². The van der Waals surface area contributed by atoms with Crippen LogP contribution in [0.25, 0.3) is 0 Å². The minimum atomic E-state index is 0.214. The van der Waals surface area contributed by atoms with Crippen molar-refractivity contribution in [2.24, 2.45) is 0 Å². The van der Waals surface area contributed by atoms with Crippen LogP contribution in [0.1, 0.15) is 25.3 Å². The van der Waals surface area contributed by atoms with Gasteiger partial charge in [0.25, 0.3) is 0 Å². The van der Waals surface area contributed by atoms with E-state index in [-0.39, 0.29) is 5.91 Å². The first kappa shape index (κ1) is 16.0. The van der Waals surface area contributed by atoms with Crippen molar-refractivity contribution in [1.29, 1.82) is 0 Å². The molecule has 0 N–H and O–H groups in total. The van der Waals surface area contributed by atoms with Crippen LogP contribution in [0.2, 0.25) is 0 Å². The first-order chi connectivity index (χ1) is 10.2. The van der Waals surface area contributed by atoms with Crippen LogP contribution >= 0.6 is 0 Å². The summed E-state index contributed by atoms with van der Waals surface area (Å²) in [5.74, 6) is 0.214. The predicted molar refractivity (Wildman–Crippen MR) is 84.0 cm³/mol. The Labute approximate surface area is 127 Å². The van der Waals surface area contributed by atoms with E-state index in [2.05, 4.69) is 36.1 Å². The lowest BCUT2D eigenvalue weighted by molar-refractivity contribution is -0.132. The third kappa shape index (κ3) is 4.83. The molecule has 0 spiro atoms. The number of rotatable bonds is 5. The quantitative estimate of drug-likeness (QED) is 0.833. The molecule has 0 saturated carbocycles. The monoisotopic (exact) mass is 290 g/mol. The summed E-state index contributed by atoms with van der Waals surface area (Å²) in [6, 6.07) is 11.0. The van der Waals surface area contributed by atoms with E-state index in [4.69, 9.17) is 4.74 Å². The van der Waals surface area contributed by atoms with Gasteiger partial charge in [0.1, 0.15) is 0 Å². The van der Waals surface area contributed by atoms with Crippen molar-refractivity contribution in [3.8, 4) is 0 Å². The van der Waals surface area contributed by atoms with E-state index in [9.17, 15) is 4.79 Å².